The number of ether oxygens (including phenoxy) is 1. The van der Waals surface area contributed by atoms with Gasteiger partial charge in [0.05, 0.1) is 5.69 Å². The number of aromatic amines is 2. The van der Waals surface area contributed by atoms with E-state index in [0.717, 1.165) is 15.9 Å². The van der Waals surface area contributed by atoms with Crippen LogP contribution >= 0.6 is 28.1 Å². The zero-order chi connectivity index (χ0) is 10.7. The van der Waals surface area contributed by atoms with Crippen LogP contribution in [0.2, 0.25) is 0 Å². The van der Waals surface area contributed by atoms with Crippen LogP contribution in [0.1, 0.15) is 5.69 Å². The molecule has 0 unspecified atom stereocenters. The lowest BCUT2D eigenvalue weighted by atomic mass is 10.3. The van der Waals surface area contributed by atoms with Crippen molar-refractivity contribution in [3.8, 4) is 5.75 Å². The molecular formula is C10H9BrN2OS. The summed E-state index contributed by atoms with van der Waals surface area (Å²) in [5, 5.41) is 0. The lowest BCUT2D eigenvalue weighted by Gasteiger charge is -2.03. The zero-order valence-corrected chi connectivity index (χ0v) is 10.2. The van der Waals surface area contributed by atoms with E-state index in [2.05, 4.69) is 25.9 Å². The minimum absolute atomic E-state index is 0.481. The number of rotatable bonds is 3. The van der Waals surface area contributed by atoms with Gasteiger partial charge in [-0.05, 0) is 36.5 Å². The number of hydrogen-bond acceptors (Lipinski definition) is 2. The monoisotopic (exact) mass is 284 g/mol. The van der Waals surface area contributed by atoms with Gasteiger partial charge in [-0.1, -0.05) is 15.9 Å². The van der Waals surface area contributed by atoms with Gasteiger partial charge >= 0.3 is 0 Å². The Kier molecular flexibility index (Phi) is 3.23. The first-order valence-electron chi connectivity index (χ1n) is 4.39. The van der Waals surface area contributed by atoms with Gasteiger partial charge in [0.1, 0.15) is 12.4 Å². The van der Waals surface area contributed by atoms with Gasteiger partial charge in [0.2, 0.25) is 0 Å². The van der Waals surface area contributed by atoms with Crippen molar-refractivity contribution in [2.24, 2.45) is 0 Å². The Hall–Kier alpha value is -1.07. The lowest BCUT2D eigenvalue weighted by molar-refractivity contribution is 0.302. The Bertz CT molecular complexity index is 489. The maximum Gasteiger partial charge on any atom is 0.174 e. The predicted octanol–water partition coefficient (Wildman–Crippen LogP) is 3.41. The van der Waals surface area contributed by atoms with Crippen LogP contribution in [0.5, 0.6) is 5.75 Å². The molecular weight excluding hydrogens is 276 g/mol. The van der Waals surface area contributed by atoms with Crippen molar-refractivity contribution in [3.05, 3.63) is 45.4 Å². The molecule has 3 nitrogen and oxygen atoms in total. The van der Waals surface area contributed by atoms with Crippen LogP contribution in [0.15, 0.2) is 34.9 Å². The number of halogens is 1. The highest BCUT2D eigenvalue weighted by Crippen LogP contribution is 2.16. The van der Waals surface area contributed by atoms with Gasteiger partial charge in [0, 0.05) is 10.7 Å². The van der Waals surface area contributed by atoms with Gasteiger partial charge in [0.15, 0.2) is 4.77 Å². The first-order valence-corrected chi connectivity index (χ1v) is 5.59. The highest BCUT2D eigenvalue weighted by molar-refractivity contribution is 9.10. The van der Waals surface area contributed by atoms with E-state index < -0.39 is 0 Å². The molecule has 0 saturated heterocycles. The summed E-state index contributed by atoms with van der Waals surface area (Å²) in [5.41, 5.74) is 0.933. The van der Waals surface area contributed by atoms with Crippen LogP contribution in [-0.4, -0.2) is 9.97 Å². The van der Waals surface area contributed by atoms with Gasteiger partial charge in [-0.2, -0.15) is 0 Å². The highest BCUT2D eigenvalue weighted by Gasteiger charge is 1.96. The second-order valence-electron chi connectivity index (χ2n) is 3.01. The van der Waals surface area contributed by atoms with Crippen molar-refractivity contribution in [1.29, 1.82) is 0 Å². The summed E-state index contributed by atoms with van der Waals surface area (Å²) in [7, 11) is 0. The van der Waals surface area contributed by atoms with Crippen LogP contribution in [0.25, 0.3) is 0 Å². The van der Waals surface area contributed by atoms with Gasteiger partial charge in [-0.15, -0.1) is 0 Å². The second kappa shape index (κ2) is 4.63. The van der Waals surface area contributed by atoms with E-state index in [-0.39, 0.29) is 0 Å². The van der Waals surface area contributed by atoms with Crippen molar-refractivity contribution in [1.82, 2.24) is 9.97 Å². The summed E-state index contributed by atoms with van der Waals surface area (Å²) in [5.74, 6) is 0.832. The van der Waals surface area contributed by atoms with Crippen LogP contribution in [0.4, 0.5) is 0 Å². The number of hydrogen-bond donors (Lipinski definition) is 2. The molecule has 0 bridgehead atoms. The van der Waals surface area contributed by atoms with Crippen LogP contribution in [0, 0.1) is 4.77 Å². The molecule has 78 valence electrons. The number of nitrogens with one attached hydrogen (secondary N) is 2. The summed E-state index contributed by atoms with van der Waals surface area (Å²) in [4.78, 5) is 5.87. The highest BCUT2D eigenvalue weighted by atomic mass is 79.9. The molecule has 15 heavy (non-hydrogen) atoms. The molecule has 0 aliphatic rings. The molecule has 2 aromatic rings. The fourth-order valence-corrected chi connectivity index (χ4v) is 1.59. The maximum absolute atomic E-state index is 5.54. The number of aromatic nitrogens is 2. The van der Waals surface area contributed by atoms with Gasteiger partial charge < -0.3 is 14.7 Å². The van der Waals surface area contributed by atoms with E-state index in [0.29, 0.717) is 11.4 Å². The fourth-order valence-electron chi connectivity index (χ4n) is 1.14. The first kappa shape index (κ1) is 10.4. The Balaban J connectivity index is 1.99. The summed E-state index contributed by atoms with van der Waals surface area (Å²) in [6, 6.07) is 7.69. The van der Waals surface area contributed by atoms with E-state index in [1.165, 1.54) is 0 Å². The SMILES string of the molecule is S=c1[nH]cc(COc2ccc(Br)cc2)[nH]1. The number of H-pyrrole nitrogens is 2. The Labute approximate surface area is 101 Å². The average molecular weight is 285 g/mol. The van der Waals surface area contributed by atoms with Crippen molar-refractivity contribution >= 4 is 28.1 Å². The van der Waals surface area contributed by atoms with E-state index in [4.69, 9.17) is 17.0 Å². The number of imidazole rings is 1. The molecule has 0 radical (unpaired) electrons. The predicted molar refractivity (Wildman–Crippen MR) is 64.5 cm³/mol. The Morgan fingerprint density at radius 3 is 2.60 bits per heavy atom. The normalized spacial score (nSPS) is 10.2. The molecule has 5 heteroatoms. The van der Waals surface area contributed by atoms with E-state index in [1.54, 1.807) is 6.20 Å². The largest absolute Gasteiger partial charge is 0.487 e. The van der Waals surface area contributed by atoms with Crippen molar-refractivity contribution in [3.63, 3.8) is 0 Å². The molecule has 0 aliphatic carbocycles. The average Bonchev–Trinajstić information content (AvgIpc) is 2.64. The van der Waals surface area contributed by atoms with E-state index >= 15 is 0 Å². The van der Waals surface area contributed by atoms with Crippen LogP contribution < -0.4 is 4.74 Å². The Morgan fingerprint density at radius 2 is 2.00 bits per heavy atom. The van der Waals surface area contributed by atoms with Crippen molar-refractivity contribution < 1.29 is 4.74 Å². The number of benzene rings is 1. The molecule has 0 atom stereocenters. The smallest absolute Gasteiger partial charge is 0.174 e. The molecule has 2 N–H and O–H groups in total. The molecule has 0 amide bonds. The van der Waals surface area contributed by atoms with Crippen LogP contribution in [0.3, 0.4) is 0 Å². The topological polar surface area (TPSA) is 40.8 Å². The fraction of sp³-hybridized carbons (Fsp3) is 0.100. The van der Waals surface area contributed by atoms with Gasteiger partial charge in [-0.3, -0.25) is 0 Å². The molecule has 0 spiro atoms. The van der Waals surface area contributed by atoms with Crippen molar-refractivity contribution in [2.75, 3.05) is 0 Å². The quantitative estimate of drug-likeness (QED) is 0.848. The third-order valence-electron chi connectivity index (χ3n) is 1.86. The summed E-state index contributed by atoms with van der Waals surface area (Å²) in [6.45, 7) is 0.481. The minimum atomic E-state index is 0.481. The van der Waals surface area contributed by atoms with Gasteiger partial charge in [-0.25, -0.2) is 0 Å². The lowest BCUT2D eigenvalue weighted by Crippen LogP contribution is -1.95. The first-order chi connectivity index (χ1) is 7.24. The summed E-state index contributed by atoms with van der Waals surface area (Å²) < 4.78 is 7.20. The molecule has 2 rings (SSSR count). The van der Waals surface area contributed by atoms with Crippen LogP contribution in [-0.2, 0) is 6.61 Å². The molecule has 1 aromatic heterocycles. The molecule has 0 aliphatic heterocycles. The third kappa shape index (κ3) is 2.94. The Morgan fingerprint density at radius 1 is 1.27 bits per heavy atom. The second-order valence-corrected chi connectivity index (χ2v) is 4.33. The minimum Gasteiger partial charge on any atom is -0.487 e. The molecule has 1 aromatic carbocycles. The summed E-state index contributed by atoms with van der Waals surface area (Å²) >= 11 is 8.27. The standard InChI is InChI=1S/C10H9BrN2OS/c11-7-1-3-9(4-2-7)14-6-8-5-12-10(15)13-8/h1-5H,6H2,(H2,12,13,15). The molecule has 1 heterocycles. The zero-order valence-electron chi connectivity index (χ0n) is 7.79. The summed E-state index contributed by atoms with van der Waals surface area (Å²) in [6.07, 6.45) is 1.81. The van der Waals surface area contributed by atoms with E-state index in [9.17, 15) is 0 Å². The maximum atomic E-state index is 5.54. The van der Waals surface area contributed by atoms with Crippen molar-refractivity contribution in [2.45, 2.75) is 6.61 Å². The van der Waals surface area contributed by atoms with E-state index in [1.807, 2.05) is 24.3 Å². The molecule has 0 fully saturated rings. The third-order valence-corrected chi connectivity index (χ3v) is 2.61. The molecule has 0 saturated carbocycles. The van der Waals surface area contributed by atoms with Gasteiger partial charge in [0.25, 0.3) is 0 Å².